The van der Waals surface area contributed by atoms with Gasteiger partial charge >= 0.3 is 29.6 Å². The van der Waals surface area contributed by atoms with Gasteiger partial charge in [-0.15, -0.1) is 0 Å². The Morgan fingerprint density at radius 1 is 0.786 bits per heavy atom. The zero-order valence-electron chi connectivity index (χ0n) is 21.3. The van der Waals surface area contributed by atoms with E-state index in [0.29, 0.717) is 6.07 Å². The summed E-state index contributed by atoms with van der Waals surface area (Å²) in [6, 6.07) is 10.1. The molecule has 0 saturated heterocycles. The summed E-state index contributed by atoms with van der Waals surface area (Å²) in [5.74, 6) is -1.85. The number of nitrogens with one attached hydrogen (secondary N) is 1. The zero-order chi connectivity index (χ0) is 30.3. The summed E-state index contributed by atoms with van der Waals surface area (Å²) in [6.45, 7) is 0. The predicted molar refractivity (Wildman–Crippen MR) is 147 cm³/mol. The minimum atomic E-state index is -4.93. The second-order valence-corrected chi connectivity index (χ2v) is 12.6. The number of fused-ring (bicyclic) bond motifs is 1. The molecule has 1 aromatic heterocycles. The molecule has 214 valence electrons. The van der Waals surface area contributed by atoms with E-state index in [-0.39, 0.29) is 63.0 Å². The number of hydrogen-bond donors (Lipinski definition) is 6. The molecule has 0 aliphatic rings. The molecule has 0 aliphatic carbocycles. The van der Waals surface area contributed by atoms with Crippen LogP contribution in [0.3, 0.4) is 0 Å². The summed E-state index contributed by atoms with van der Waals surface area (Å²) in [4.78, 5) is 14.8. The van der Waals surface area contributed by atoms with Crippen molar-refractivity contribution in [2.45, 2.75) is 14.7 Å². The number of carbonyl (C=O) groups excluding carboxylic acids is 1. The van der Waals surface area contributed by atoms with Crippen molar-refractivity contribution in [1.29, 1.82) is 0 Å². The molecule has 14 nitrogen and oxygen atoms in total. The number of phenolic OH excluding ortho intramolecular Hbond substituents is 1. The van der Waals surface area contributed by atoms with Crippen molar-refractivity contribution in [3.05, 3.63) is 77.5 Å². The molecule has 0 radical (unpaired) electrons. The first-order valence-electron chi connectivity index (χ1n) is 11.0. The van der Waals surface area contributed by atoms with E-state index in [0.717, 1.165) is 30.4 Å². The van der Waals surface area contributed by atoms with Crippen LogP contribution in [0.25, 0.3) is 23.1 Å². The average Bonchev–Trinajstić information content (AvgIpc) is 2.87. The van der Waals surface area contributed by atoms with E-state index in [2.05, 4.69) is 10.3 Å². The van der Waals surface area contributed by atoms with Gasteiger partial charge in [-0.2, -0.15) is 25.3 Å². The first-order chi connectivity index (χ1) is 19.0. The minimum Gasteiger partial charge on any atom is -0.505 e. The third-order valence-electron chi connectivity index (χ3n) is 5.66. The topological polar surface area (TPSA) is 251 Å². The van der Waals surface area contributed by atoms with Crippen LogP contribution in [0, 0.1) is 0 Å². The molecule has 4 rings (SSSR count). The van der Waals surface area contributed by atoms with Gasteiger partial charge in [-0.1, -0.05) is 24.3 Å². The predicted octanol–water partition coefficient (Wildman–Crippen LogP) is -0.311. The van der Waals surface area contributed by atoms with Crippen LogP contribution < -0.4 is 40.6 Å². The number of carbonyl (C=O) groups is 1. The number of aromatic hydroxyl groups is 1. The Bertz CT molecular complexity index is 2100. The van der Waals surface area contributed by atoms with Crippen molar-refractivity contribution in [3.8, 4) is 5.75 Å². The molecule has 0 aliphatic heterocycles. The molecule has 0 spiro atoms. The summed E-state index contributed by atoms with van der Waals surface area (Å²) in [5.41, 5.74) is 4.23. The van der Waals surface area contributed by atoms with Crippen molar-refractivity contribution >= 4 is 70.7 Å². The number of hydrogen-bond acceptors (Lipinski definition) is 10. The molecular formula is C24H19N3NaO11S3+. The third-order valence-corrected chi connectivity index (χ3v) is 8.37. The SMILES string of the molecule is Nc1ccc(/C=C/c2ccc(NC(=O)c3cc(S(=O)(=O)O)c4cccnc4c3O)cc2S(=O)(=O)O)c(S(=O)(=O)O)c1.[Na+]. The Morgan fingerprint density at radius 3 is 1.90 bits per heavy atom. The molecule has 3 aromatic carbocycles. The van der Waals surface area contributed by atoms with E-state index >= 15 is 0 Å². The van der Waals surface area contributed by atoms with Crippen LogP contribution in [0.1, 0.15) is 21.5 Å². The quantitative estimate of drug-likeness (QED) is 0.0654. The largest absolute Gasteiger partial charge is 1.00 e. The fourth-order valence-electron chi connectivity index (χ4n) is 3.85. The van der Waals surface area contributed by atoms with E-state index in [1.807, 2.05) is 0 Å². The number of benzene rings is 3. The van der Waals surface area contributed by atoms with Gasteiger partial charge in [0.05, 0.1) is 5.56 Å². The number of anilines is 2. The maximum atomic E-state index is 13.0. The number of pyridine rings is 1. The molecule has 42 heavy (non-hydrogen) atoms. The average molecular weight is 645 g/mol. The van der Waals surface area contributed by atoms with Crippen molar-refractivity contribution in [3.63, 3.8) is 0 Å². The Hall–Kier alpha value is -3.39. The van der Waals surface area contributed by atoms with Crippen LogP contribution in [0.4, 0.5) is 11.4 Å². The van der Waals surface area contributed by atoms with Crippen molar-refractivity contribution < 1.29 is 78.4 Å². The number of nitrogens with two attached hydrogens (primary N) is 1. The standard InChI is InChI=1S/C24H19N3O11S3.Na/c25-15-7-5-13(19(10-15)39(30,31)32)3-4-14-6-8-16(11-20(14)40(33,34)35)27-24(29)18-12-21(41(36,37)38)17-2-1-9-26-22(17)23(18)28;/h1-12,28H,25H2,(H,27,29)(H,30,31,32)(H,33,34,35)(H,36,37,38);/q;+1/b4-3+;. The smallest absolute Gasteiger partial charge is 0.505 e. The van der Waals surface area contributed by atoms with Crippen LogP contribution in [-0.4, -0.2) is 54.9 Å². The second-order valence-electron chi connectivity index (χ2n) is 8.43. The van der Waals surface area contributed by atoms with E-state index in [4.69, 9.17) is 5.73 Å². The van der Waals surface area contributed by atoms with Gasteiger partial charge in [0.25, 0.3) is 36.3 Å². The first-order valence-corrected chi connectivity index (χ1v) is 15.3. The number of nitrogen functional groups attached to an aromatic ring is 1. The maximum Gasteiger partial charge on any atom is 1.00 e. The van der Waals surface area contributed by atoms with Gasteiger partial charge in [-0.25, -0.2) is 0 Å². The monoisotopic (exact) mass is 644 g/mol. The number of phenols is 1. The second kappa shape index (κ2) is 12.1. The van der Waals surface area contributed by atoms with E-state index in [1.165, 1.54) is 36.5 Å². The van der Waals surface area contributed by atoms with Gasteiger partial charge in [-0.3, -0.25) is 23.4 Å². The normalized spacial score (nSPS) is 12.3. The zero-order valence-corrected chi connectivity index (χ0v) is 25.8. The van der Waals surface area contributed by atoms with Gasteiger partial charge in [0, 0.05) is 23.0 Å². The molecule has 0 atom stereocenters. The fraction of sp³-hybridized carbons (Fsp3) is 0. The van der Waals surface area contributed by atoms with Crippen LogP contribution in [0.15, 0.2) is 75.5 Å². The summed E-state index contributed by atoms with van der Waals surface area (Å²) in [7, 11) is -14.5. The fourth-order valence-corrected chi connectivity index (χ4v) is 5.99. The van der Waals surface area contributed by atoms with Crippen LogP contribution in [0.2, 0.25) is 0 Å². The molecule has 1 heterocycles. The van der Waals surface area contributed by atoms with Crippen LogP contribution in [-0.2, 0) is 30.4 Å². The Balaban J connectivity index is 0.00000484. The molecule has 0 fully saturated rings. The van der Waals surface area contributed by atoms with Crippen LogP contribution in [0.5, 0.6) is 5.75 Å². The summed E-state index contributed by atoms with van der Waals surface area (Å²) >= 11 is 0. The number of nitrogens with zero attached hydrogens (tertiary/aromatic N) is 1. The molecule has 0 saturated carbocycles. The van der Waals surface area contributed by atoms with Crippen molar-refractivity contribution in [2.75, 3.05) is 11.1 Å². The molecule has 18 heteroatoms. The Labute approximate surface area is 261 Å². The van der Waals surface area contributed by atoms with Crippen molar-refractivity contribution in [2.24, 2.45) is 0 Å². The summed E-state index contributed by atoms with van der Waals surface area (Å²) in [5, 5.41) is 12.7. The van der Waals surface area contributed by atoms with E-state index in [1.54, 1.807) is 0 Å². The summed E-state index contributed by atoms with van der Waals surface area (Å²) < 4.78 is 100. The van der Waals surface area contributed by atoms with E-state index < -0.39 is 62.3 Å². The minimum absolute atomic E-state index is 0. The Kier molecular flexibility index (Phi) is 9.52. The summed E-state index contributed by atoms with van der Waals surface area (Å²) in [6.07, 6.45) is 3.47. The van der Waals surface area contributed by atoms with Gasteiger partial charge in [-0.05, 0) is 53.6 Å². The molecule has 0 unspecified atom stereocenters. The molecule has 0 bridgehead atoms. The van der Waals surface area contributed by atoms with Crippen molar-refractivity contribution in [1.82, 2.24) is 4.98 Å². The maximum absolute atomic E-state index is 13.0. The number of rotatable bonds is 7. The number of amides is 1. The van der Waals surface area contributed by atoms with Crippen LogP contribution >= 0.6 is 0 Å². The van der Waals surface area contributed by atoms with E-state index in [9.17, 15) is 48.8 Å². The molecular weight excluding hydrogens is 625 g/mol. The first kappa shape index (κ1) is 33.1. The molecule has 1 amide bonds. The molecule has 4 aromatic rings. The van der Waals surface area contributed by atoms with Gasteiger partial charge in [0.2, 0.25) is 0 Å². The Morgan fingerprint density at radius 2 is 1.33 bits per heavy atom. The third kappa shape index (κ3) is 7.14. The number of aromatic nitrogens is 1. The molecule has 7 N–H and O–H groups in total. The van der Waals surface area contributed by atoms with Gasteiger partial charge in [0.15, 0.2) is 5.75 Å². The van der Waals surface area contributed by atoms with Gasteiger partial charge in [0.1, 0.15) is 20.2 Å². The van der Waals surface area contributed by atoms with Gasteiger partial charge < -0.3 is 16.2 Å².